The van der Waals surface area contributed by atoms with Gasteiger partial charge in [-0.3, -0.25) is 14.2 Å². The fourth-order valence-electron chi connectivity index (χ4n) is 5.41. The topological polar surface area (TPSA) is 286 Å². The number of primary amides is 1. The van der Waals surface area contributed by atoms with Crippen LogP contribution in [0.2, 0.25) is 0 Å². The summed E-state index contributed by atoms with van der Waals surface area (Å²) in [6.45, 7) is 4.69. The maximum Gasteiger partial charge on any atom is 0.417 e. The second kappa shape index (κ2) is 22.4. The van der Waals surface area contributed by atoms with Gasteiger partial charge in [-0.15, -0.1) is 0 Å². The molecular weight excluding hydrogens is 781 g/mol. The number of hydrogen-bond acceptors (Lipinski definition) is 14. The molecule has 0 saturated carbocycles. The van der Waals surface area contributed by atoms with Crippen LogP contribution in [0, 0.1) is 5.92 Å². The summed E-state index contributed by atoms with van der Waals surface area (Å²) in [4.78, 5) is 78.6. The molecule has 2 aromatic heterocycles. The third-order valence-electron chi connectivity index (χ3n) is 9.05. The fraction of sp³-hybridized carbons (Fsp3) is 0.436. The maximum absolute atomic E-state index is 13.3. The molecule has 9 N–H and O–H groups in total. The van der Waals surface area contributed by atoms with Crippen molar-refractivity contribution < 1.29 is 42.9 Å². The molecule has 0 aliphatic carbocycles. The minimum absolute atomic E-state index is 0.0160. The van der Waals surface area contributed by atoms with Crippen LogP contribution in [-0.2, 0) is 32.2 Å². The van der Waals surface area contributed by atoms with E-state index in [4.69, 9.17) is 36.1 Å². The summed E-state index contributed by atoms with van der Waals surface area (Å²) in [5.41, 5.74) is 19.8. The second-order valence-corrected chi connectivity index (χ2v) is 14.1. The van der Waals surface area contributed by atoms with E-state index in [0.717, 1.165) is 5.56 Å². The van der Waals surface area contributed by atoms with Crippen LogP contribution in [0.1, 0.15) is 37.8 Å². The number of anilines is 2. The average Bonchev–Trinajstić information content (AvgIpc) is 3.56. The van der Waals surface area contributed by atoms with E-state index in [2.05, 4.69) is 30.9 Å². The van der Waals surface area contributed by atoms with Gasteiger partial charge in [0.2, 0.25) is 11.8 Å². The number of benzene rings is 2. The van der Waals surface area contributed by atoms with Gasteiger partial charge < -0.3 is 61.9 Å². The number of urea groups is 1. The van der Waals surface area contributed by atoms with E-state index in [1.807, 2.05) is 30.3 Å². The summed E-state index contributed by atoms with van der Waals surface area (Å²) < 4.78 is 23.4. The summed E-state index contributed by atoms with van der Waals surface area (Å²) in [5, 5.41) is 7.92. The number of nitrogens with one attached hydrogen (secondary N) is 3. The lowest BCUT2D eigenvalue weighted by molar-refractivity contribution is -0.128. The number of ether oxygens (including phenoxy) is 4. The lowest BCUT2D eigenvalue weighted by atomic mass is 10.0. The smallest absolute Gasteiger partial charge is 0.417 e. The van der Waals surface area contributed by atoms with Crippen molar-refractivity contribution in [1.82, 2.24) is 40.0 Å². The minimum Gasteiger partial charge on any atom is -0.461 e. The molecule has 0 aliphatic heterocycles. The zero-order chi connectivity index (χ0) is 43.8. The van der Waals surface area contributed by atoms with Crippen molar-refractivity contribution in [1.29, 1.82) is 0 Å². The molecule has 0 fully saturated rings. The highest BCUT2D eigenvalue weighted by Crippen LogP contribution is 2.27. The molecule has 2 aromatic carbocycles. The Morgan fingerprint density at radius 1 is 0.867 bits per heavy atom. The molecule has 0 radical (unpaired) electrons. The number of nitrogen functional groups attached to an aromatic ring is 1. The van der Waals surface area contributed by atoms with Crippen molar-refractivity contribution in [3.05, 3.63) is 65.7 Å². The van der Waals surface area contributed by atoms with E-state index < -0.39 is 42.1 Å². The van der Waals surface area contributed by atoms with E-state index in [9.17, 15) is 24.0 Å². The number of nitrogens with two attached hydrogens (primary N) is 3. The number of carbonyl (C=O) groups is 5. The number of nitrogens with zero attached hydrogens (tertiary/aromatic N) is 6. The third kappa shape index (κ3) is 13.7. The van der Waals surface area contributed by atoms with E-state index >= 15 is 0 Å². The highest BCUT2D eigenvalue weighted by molar-refractivity contribution is 5.97. The van der Waals surface area contributed by atoms with Gasteiger partial charge >= 0.3 is 30.2 Å². The van der Waals surface area contributed by atoms with Gasteiger partial charge in [-0.05, 0) is 42.0 Å². The monoisotopic (exact) mass is 834 g/mol. The molecule has 2 heterocycles. The first-order chi connectivity index (χ1) is 28.7. The Hall–Kier alpha value is -6.74. The molecule has 2 atom stereocenters. The summed E-state index contributed by atoms with van der Waals surface area (Å²) in [6.07, 6.45) is -0.794. The predicted octanol–water partition coefficient (Wildman–Crippen LogP) is 2.04. The molecule has 0 saturated heterocycles. The number of hydrogen-bond donors (Lipinski definition) is 6. The Morgan fingerprint density at radius 2 is 1.55 bits per heavy atom. The summed E-state index contributed by atoms with van der Waals surface area (Å²) in [6, 6.07) is 13.6. The van der Waals surface area contributed by atoms with Crippen molar-refractivity contribution >= 4 is 52.7 Å². The van der Waals surface area contributed by atoms with Gasteiger partial charge in [-0.25, -0.2) is 14.4 Å². The molecular formula is C39H54N12O9. The van der Waals surface area contributed by atoms with Crippen molar-refractivity contribution in [3.8, 4) is 12.0 Å². The van der Waals surface area contributed by atoms with Crippen molar-refractivity contribution in [2.24, 2.45) is 17.4 Å². The predicted molar refractivity (Wildman–Crippen MR) is 221 cm³/mol. The number of amides is 6. The first kappa shape index (κ1) is 46.0. The normalized spacial score (nSPS) is 12.0. The van der Waals surface area contributed by atoms with Crippen LogP contribution in [0.3, 0.4) is 0 Å². The SMILES string of the molecule is COCCOc1nc(N)c2nc(OC(=O)N(C)CCN(C)C(=O)OCc3ccc(NC(=O)[C@H](CCCNC(N)=O)NC(=O)[C@@H](N)C(C)C)cc3)n(Cc3ccccc3)c2n1. The van der Waals surface area contributed by atoms with Crippen molar-refractivity contribution in [2.75, 3.05) is 65.1 Å². The van der Waals surface area contributed by atoms with Gasteiger partial charge in [0.25, 0.3) is 0 Å². The van der Waals surface area contributed by atoms with Gasteiger partial charge in [0, 0.05) is 46.5 Å². The van der Waals surface area contributed by atoms with Crippen molar-refractivity contribution in [2.45, 2.75) is 51.9 Å². The van der Waals surface area contributed by atoms with E-state index in [1.54, 1.807) is 49.8 Å². The lowest BCUT2D eigenvalue weighted by Crippen LogP contribution is -2.51. The number of likely N-dealkylation sites (N-methyl/N-ethyl adjacent to an activating group) is 2. The maximum atomic E-state index is 13.3. The van der Waals surface area contributed by atoms with Crippen molar-refractivity contribution in [3.63, 3.8) is 0 Å². The Morgan fingerprint density at radius 3 is 2.20 bits per heavy atom. The van der Waals surface area contributed by atoms with Crippen LogP contribution in [0.25, 0.3) is 11.2 Å². The highest BCUT2D eigenvalue weighted by atomic mass is 16.6. The summed E-state index contributed by atoms with van der Waals surface area (Å²) >= 11 is 0. The van der Waals surface area contributed by atoms with E-state index in [0.29, 0.717) is 29.9 Å². The van der Waals surface area contributed by atoms with Gasteiger partial charge in [-0.1, -0.05) is 56.3 Å². The highest BCUT2D eigenvalue weighted by Gasteiger charge is 2.26. The molecule has 0 unspecified atom stereocenters. The molecule has 4 aromatic rings. The standard InChI is InChI=1S/C39H54N12O9/c1-24(2)29(40)34(53)45-28(12-9-17-43-35(42)54)33(52)44-27-15-13-26(14-16-27)23-59-38(55)49(3)18-19-50(4)39(56)60-37-46-30-31(41)47-36(58-21-20-57-5)48-32(30)51(37)22-25-10-7-6-8-11-25/h6-8,10-11,13-16,24,28-29H,9,12,17-23,40H2,1-5H3,(H,44,52)(H,45,53)(H2,41,47,48)(H3,42,43,54)/t28-,29-/m0/s1. The second-order valence-electron chi connectivity index (χ2n) is 14.1. The zero-order valence-electron chi connectivity index (χ0n) is 34.4. The van der Waals surface area contributed by atoms with E-state index in [-0.39, 0.29) is 75.1 Å². The molecule has 21 heteroatoms. The van der Waals surface area contributed by atoms with Crippen LogP contribution in [0.5, 0.6) is 12.0 Å². The third-order valence-corrected chi connectivity index (χ3v) is 9.05. The molecule has 0 spiro atoms. The van der Waals surface area contributed by atoms with Gasteiger partial charge in [0.05, 0.1) is 19.2 Å². The molecule has 4 rings (SSSR count). The number of fused-ring (bicyclic) bond motifs is 1. The molecule has 0 aliphatic rings. The Balaban J connectivity index is 1.30. The van der Waals surface area contributed by atoms with Gasteiger partial charge in [0.15, 0.2) is 17.0 Å². The first-order valence-corrected chi connectivity index (χ1v) is 19.2. The van der Waals surface area contributed by atoms with Crippen LogP contribution < -0.4 is 42.6 Å². The molecule has 6 amide bonds. The lowest BCUT2D eigenvalue weighted by Gasteiger charge is -2.22. The Bertz CT molecular complexity index is 2060. The minimum atomic E-state index is -0.924. The van der Waals surface area contributed by atoms with Crippen LogP contribution in [0.4, 0.5) is 25.9 Å². The van der Waals surface area contributed by atoms with Crippen LogP contribution in [0.15, 0.2) is 54.6 Å². The molecule has 60 heavy (non-hydrogen) atoms. The Kier molecular flexibility index (Phi) is 17.2. The van der Waals surface area contributed by atoms with Crippen LogP contribution in [-0.4, -0.2) is 125 Å². The number of methoxy groups -OCH3 is 1. The first-order valence-electron chi connectivity index (χ1n) is 19.2. The average molecular weight is 835 g/mol. The molecule has 0 bridgehead atoms. The molecule has 21 nitrogen and oxygen atoms in total. The number of imidazole rings is 1. The largest absolute Gasteiger partial charge is 0.461 e. The summed E-state index contributed by atoms with van der Waals surface area (Å²) in [5.74, 6) is -1.06. The fourth-order valence-corrected chi connectivity index (χ4v) is 5.41. The van der Waals surface area contributed by atoms with Gasteiger partial charge in [-0.2, -0.15) is 15.0 Å². The number of rotatable bonds is 21. The quantitative estimate of drug-likeness (QED) is 0.0656. The number of carbonyl (C=O) groups excluding carboxylic acids is 5. The van der Waals surface area contributed by atoms with Crippen LogP contribution >= 0.6 is 0 Å². The Labute approximate surface area is 347 Å². The van der Waals surface area contributed by atoms with Gasteiger partial charge in [0.1, 0.15) is 19.3 Å². The molecule has 324 valence electrons. The van der Waals surface area contributed by atoms with E-state index in [1.165, 1.54) is 23.9 Å². The number of aromatic nitrogens is 4. The summed E-state index contributed by atoms with van der Waals surface area (Å²) in [7, 11) is 4.58. The zero-order valence-corrected chi connectivity index (χ0v) is 34.4.